The number of unbranched alkanes of at least 4 members (excludes halogenated alkanes) is 3. The lowest BCUT2D eigenvalue weighted by Gasteiger charge is -2.07. The SMILES string of the molecule is C=CC(=O)NCCCCCCC(=O)Nc1ccc2c(C)cc(=O)oc2c1. The minimum absolute atomic E-state index is 0.0701. The van der Waals surface area contributed by atoms with Crippen LogP contribution in [-0.2, 0) is 9.59 Å². The molecule has 0 fully saturated rings. The zero-order valence-electron chi connectivity index (χ0n) is 15.0. The molecule has 2 amide bonds. The Morgan fingerprint density at radius 2 is 1.92 bits per heavy atom. The van der Waals surface area contributed by atoms with Gasteiger partial charge in [-0.2, -0.15) is 0 Å². The summed E-state index contributed by atoms with van der Waals surface area (Å²) in [7, 11) is 0. The smallest absolute Gasteiger partial charge is 0.336 e. The molecule has 0 atom stereocenters. The lowest BCUT2D eigenvalue weighted by atomic mass is 10.1. The molecule has 138 valence electrons. The standard InChI is InChI=1S/C20H24N2O4/c1-3-18(23)21-11-7-5-4-6-8-19(24)22-15-9-10-16-14(2)12-20(25)26-17(16)13-15/h3,9-10,12-13H,1,4-8,11H2,2H3,(H,21,23)(H,22,24). The van der Waals surface area contributed by atoms with Crippen LogP contribution in [0.15, 0.2) is 46.1 Å². The number of carbonyl (C=O) groups is 2. The summed E-state index contributed by atoms with van der Waals surface area (Å²) < 4.78 is 5.18. The van der Waals surface area contributed by atoms with Gasteiger partial charge in [-0.1, -0.05) is 19.4 Å². The highest BCUT2D eigenvalue weighted by atomic mass is 16.4. The van der Waals surface area contributed by atoms with Crippen molar-refractivity contribution in [3.05, 3.63) is 52.9 Å². The Hall–Kier alpha value is -2.89. The van der Waals surface area contributed by atoms with Gasteiger partial charge in [0.25, 0.3) is 0 Å². The van der Waals surface area contributed by atoms with Crippen molar-refractivity contribution >= 4 is 28.5 Å². The lowest BCUT2D eigenvalue weighted by molar-refractivity contribution is -0.117. The molecule has 2 N–H and O–H groups in total. The average molecular weight is 356 g/mol. The maximum atomic E-state index is 12.0. The highest BCUT2D eigenvalue weighted by Crippen LogP contribution is 2.21. The second-order valence-electron chi connectivity index (χ2n) is 6.17. The summed E-state index contributed by atoms with van der Waals surface area (Å²) in [5, 5.41) is 6.40. The Morgan fingerprint density at radius 3 is 2.69 bits per heavy atom. The third-order valence-electron chi connectivity index (χ3n) is 4.05. The molecule has 2 rings (SSSR count). The van der Waals surface area contributed by atoms with Crippen molar-refractivity contribution in [1.29, 1.82) is 0 Å². The van der Waals surface area contributed by atoms with Crippen LogP contribution in [-0.4, -0.2) is 18.4 Å². The van der Waals surface area contributed by atoms with E-state index in [9.17, 15) is 14.4 Å². The number of hydrogen-bond acceptors (Lipinski definition) is 4. The number of aryl methyl sites for hydroxylation is 1. The second-order valence-corrected chi connectivity index (χ2v) is 6.17. The highest BCUT2D eigenvalue weighted by molar-refractivity contribution is 5.93. The number of rotatable bonds is 9. The van der Waals surface area contributed by atoms with Gasteiger partial charge in [0.1, 0.15) is 5.58 Å². The van der Waals surface area contributed by atoms with E-state index in [-0.39, 0.29) is 11.8 Å². The molecular formula is C20H24N2O4. The first-order valence-electron chi connectivity index (χ1n) is 8.74. The summed E-state index contributed by atoms with van der Waals surface area (Å²) in [5.74, 6) is -0.231. The Labute approximate surface area is 152 Å². The monoisotopic (exact) mass is 356 g/mol. The zero-order chi connectivity index (χ0) is 18.9. The van der Waals surface area contributed by atoms with Crippen molar-refractivity contribution in [3.63, 3.8) is 0 Å². The van der Waals surface area contributed by atoms with Crippen LogP contribution in [0.4, 0.5) is 5.69 Å². The molecule has 0 saturated carbocycles. The van der Waals surface area contributed by atoms with E-state index < -0.39 is 5.63 Å². The van der Waals surface area contributed by atoms with E-state index in [0.29, 0.717) is 24.2 Å². The topological polar surface area (TPSA) is 88.4 Å². The van der Waals surface area contributed by atoms with Gasteiger partial charge in [-0.3, -0.25) is 9.59 Å². The van der Waals surface area contributed by atoms with Crippen molar-refractivity contribution in [1.82, 2.24) is 5.32 Å². The lowest BCUT2D eigenvalue weighted by Crippen LogP contribution is -2.21. The van der Waals surface area contributed by atoms with Crippen LogP contribution in [0.2, 0.25) is 0 Å². The Bertz CT molecular complexity index is 855. The maximum absolute atomic E-state index is 12.0. The van der Waals surface area contributed by atoms with Crippen molar-refractivity contribution < 1.29 is 14.0 Å². The molecule has 1 heterocycles. The summed E-state index contributed by atoms with van der Waals surface area (Å²) in [5.41, 5.74) is 1.53. The number of fused-ring (bicyclic) bond motifs is 1. The molecule has 6 heteroatoms. The molecule has 2 aromatic rings. The number of benzene rings is 1. The van der Waals surface area contributed by atoms with Gasteiger partial charge in [-0.25, -0.2) is 4.79 Å². The molecule has 0 bridgehead atoms. The third-order valence-corrected chi connectivity index (χ3v) is 4.05. The molecule has 0 aliphatic rings. The number of anilines is 1. The van der Waals surface area contributed by atoms with Crippen molar-refractivity contribution in [2.45, 2.75) is 39.0 Å². The summed E-state index contributed by atoms with van der Waals surface area (Å²) in [4.78, 5) is 34.5. The van der Waals surface area contributed by atoms with E-state index in [1.54, 1.807) is 12.1 Å². The first-order valence-corrected chi connectivity index (χ1v) is 8.74. The predicted octanol–water partition coefficient (Wildman–Crippen LogP) is 3.29. The van der Waals surface area contributed by atoms with E-state index in [1.807, 2.05) is 13.0 Å². The van der Waals surface area contributed by atoms with Crippen LogP contribution in [0.1, 0.15) is 37.7 Å². The molecule has 0 unspecified atom stereocenters. The van der Waals surface area contributed by atoms with Gasteiger partial charge in [-0.05, 0) is 43.5 Å². The van der Waals surface area contributed by atoms with Crippen LogP contribution in [0.5, 0.6) is 0 Å². The van der Waals surface area contributed by atoms with Gasteiger partial charge < -0.3 is 15.1 Å². The number of amides is 2. The second kappa shape index (κ2) is 9.56. The van der Waals surface area contributed by atoms with E-state index >= 15 is 0 Å². The molecule has 0 aliphatic carbocycles. The summed E-state index contributed by atoms with van der Waals surface area (Å²) in [6.07, 6.45) is 5.21. The third kappa shape index (κ3) is 5.88. The van der Waals surface area contributed by atoms with Gasteiger partial charge in [0.2, 0.25) is 11.8 Å². The molecule has 0 spiro atoms. The molecular weight excluding hydrogens is 332 g/mol. The van der Waals surface area contributed by atoms with Crippen LogP contribution >= 0.6 is 0 Å². The van der Waals surface area contributed by atoms with Gasteiger partial charge in [0.05, 0.1) is 0 Å². The molecule has 1 aromatic carbocycles. The summed E-state index contributed by atoms with van der Waals surface area (Å²) in [6.45, 7) is 5.86. The fourth-order valence-electron chi connectivity index (χ4n) is 2.67. The van der Waals surface area contributed by atoms with Crippen LogP contribution in [0.3, 0.4) is 0 Å². The van der Waals surface area contributed by atoms with Crippen LogP contribution in [0.25, 0.3) is 11.0 Å². The largest absolute Gasteiger partial charge is 0.423 e. The highest BCUT2D eigenvalue weighted by Gasteiger charge is 2.06. The van der Waals surface area contributed by atoms with Crippen molar-refractivity contribution in [2.75, 3.05) is 11.9 Å². The fraction of sp³-hybridized carbons (Fsp3) is 0.350. The molecule has 0 radical (unpaired) electrons. The Balaban J connectivity index is 1.74. The Kier molecular flexibility index (Phi) is 7.14. The summed E-state index contributed by atoms with van der Waals surface area (Å²) >= 11 is 0. The first kappa shape index (κ1) is 19.4. The van der Waals surface area contributed by atoms with E-state index in [1.165, 1.54) is 12.1 Å². The van der Waals surface area contributed by atoms with Gasteiger partial charge in [0, 0.05) is 36.2 Å². The maximum Gasteiger partial charge on any atom is 0.336 e. The van der Waals surface area contributed by atoms with E-state index in [4.69, 9.17) is 4.42 Å². The van der Waals surface area contributed by atoms with E-state index in [2.05, 4.69) is 17.2 Å². The van der Waals surface area contributed by atoms with Crippen molar-refractivity contribution in [3.8, 4) is 0 Å². The Morgan fingerprint density at radius 1 is 1.15 bits per heavy atom. The zero-order valence-corrected chi connectivity index (χ0v) is 15.0. The minimum Gasteiger partial charge on any atom is -0.423 e. The van der Waals surface area contributed by atoms with Gasteiger partial charge in [-0.15, -0.1) is 0 Å². The van der Waals surface area contributed by atoms with E-state index in [0.717, 1.165) is 36.6 Å². The molecule has 1 aromatic heterocycles. The minimum atomic E-state index is -0.400. The van der Waals surface area contributed by atoms with Crippen LogP contribution in [0, 0.1) is 6.92 Å². The normalized spacial score (nSPS) is 10.5. The number of hydrogen-bond donors (Lipinski definition) is 2. The average Bonchev–Trinajstić information content (AvgIpc) is 2.60. The summed E-state index contributed by atoms with van der Waals surface area (Å²) in [6, 6.07) is 6.75. The molecule has 26 heavy (non-hydrogen) atoms. The molecule has 0 aliphatic heterocycles. The number of carbonyl (C=O) groups excluding carboxylic acids is 2. The van der Waals surface area contributed by atoms with Gasteiger partial charge in [0.15, 0.2) is 0 Å². The fourth-order valence-corrected chi connectivity index (χ4v) is 2.67. The van der Waals surface area contributed by atoms with Gasteiger partial charge >= 0.3 is 5.63 Å². The van der Waals surface area contributed by atoms with Crippen molar-refractivity contribution in [2.24, 2.45) is 0 Å². The predicted molar refractivity (Wildman–Crippen MR) is 102 cm³/mol. The first-order chi connectivity index (χ1) is 12.5. The molecule has 6 nitrogen and oxygen atoms in total. The van der Waals surface area contributed by atoms with Crippen LogP contribution < -0.4 is 16.3 Å². The quantitative estimate of drug-likeness (QED) is 0.410. The number of nitrogens with one attached hydrogen (secondary N) is 2. The molecule has 0 saturated heterocycles.